The van der Waals surface area contributed by atoms with Gasteiger partial charge in [-0.2, -0.15) is 0 Å². The van der Waals surface area contributed by atoms with E-state index in [1.807, 2.05) is 57.2 Å². The molecular formula is C22H28N4O2. The zero-order valence-electron chi connectivity index (χ0n) is 16.9. The van der Waals surface area contributed by atoms with E-state index in [1.54, 1.807) is 19.3 Å². The maximum atomic E-state index is 12.4. The van der Waals surface area contributed by atoms with Crippen LogP contribution in [-0.2, 0) is 16.9 Å². The molecule has 3 amide bonds. The molecule has 0 aliphatic heterocycles. The van der Waals surface area contributed by atoms with Crippen LogP contribution in [0.1, 0.15) is 44.4 Å². The third-order valence-electron chi connectivity index (χ3n) is 4.43. The standard InChI is InChI=1S/C22H28N4O2/c1-15(2)18-9-6-10-19(12-18)22(4,5)26-21(28)25-16(3)20(27)24-14-17-8-7-11-23-13-17/h6-13,16H,1,14H2,2-5H3,(H,24,27)(H2,25,26,28)/t16-/m0/s1. The molecule has 2 rings (SSSR count). The molecule has 2 aromatic rings. The van der Waals surface area contributed by atoms with Gasteiger partial charge < -0.3 is 16.0 Å². The van der Waals surface area contributed by atoms with Gasteiger partial charge in [0.2, 0.25) is 5.91 Å². The normalized spacial score (nSPS) is 12.0. The first-order valence-electron chi connectivity index (χ1n) is 9.21. The summed E-state index contributed by atoms with van der Waals surface area (Å²) in [6, 6.07) is 10.5. The number of carbonyl (C=O) groups is 2. The number of benzene rings is 1. The number of nitrogens with zero attached hydrogens (tertiary/aromatic N) is 1. The minimum absolute atomic E-state index is 0.263. The second kappa shape index (κ2) is 9.17. The average Bonchev–Trinajstić information content (AvgIpc) is 2.66. The lowest BCUT2D eigenvalue weighted by Gasteiger charge is -2.28. The molecule has 0 saturated carbocycles. The molecule has 1 aromatic heterocycles. The van der Waals surface area contributed by atoms with Crippen molar-refractivity contribution in [3.8, 4) is 0 Å². The van der Waals surface area contributed by atoms with Gasteiger partial charge in [-0.05, 0) is 56.5 Å². The molecule has 0 saturated heterocycles. The molecule has 0 spiro atoms. The smallest absolute Gasteiger partial charge is 0.316 e. The summed E-state index contributed by atoms with van der Waals surface area (Å²) in [6.07, 6.45) is 3.36. The van der Waals surface area contributed by atoms with E-state index in [0.29, 0.717) is 6.54 Å². The summed E-state index contributed by atoms with van der Waals surface area (Å²) >= 11 is 0. The van der Waals surface area contributed by atoms with Gasteiger partial charge in [-0.25, -0.2) is 4.79 Å². The fourth-order valence-electron chi connectivity index (χ4n) is 2.67. The van der Waals surface area contributed by atoms with E-state index in [-0.39, 0.29) is 5.91 Å². The molecule has 0 aliphatic carbocycles. The number of nitrogens with one attached hydrogen (secondary N) is 3. The zero-order chi connectivity index (χ0) is 20.7. The molecule has 0 bridgehead atoms. The number of hydrogen-bond donors (Lipinski definition) is 3. The Balaban J connectivity index is 1.91. The van der Waals surface area contributed by atoms with Crippen molar-refractivity contribution in [2.75, 3.05) is 0 Å². The lowest BCUT2D eigenvalue weighted by molar-refractivity contribution is -0.122. The van der Waals surface area contributed by atoms with Gasteiger partial charge in [-0.3, -0.25) is 9.78 Å². The number of allylic oxidation sites excluding steroid dienone is 1. The fraction of sp³-hybridized carbons (Fsp3) is 0.318. The second-order valence-electron chi connectivity index (χ2n) is 7.39. The predicted octanol–water partition coefficient (Wildman–Crippen LogP) is 3.35. The fourth-order valence-corrected chi connectivity index (χ4v) is 2.67. The van der Waals surface area contributed by atoms with Crippen LogP contribution in [0.5, 0.6) is 0 Å². The van der Waals surface area contributed by atoms with E-state index < -0.39 is 17.6 Å². The highest BCUT2D eigenvalue weighted by atomic mass is 16.2. The molecular weight excluding hydrogens is 352 g/mol. The first kappa shape index (κ1) is 21.2. The molecule has 0 unspecified atom stereocenters. The largest absolute Gasteiger partial charge is 0.350 e. The van der Waals surface area contributed by atoms with E-state index in [4.69, 9.17) is 0 Å². The van der Waals surface area contributed by atoms with Crippen LogP contribution in [0, 0.1) is 0 Å². The maximum Gasteiger partial charge on any atom is 0.316 e. The number of urea groups is 1. The molecule has 0 aliphatic rings. The van der Waals surface area contributed by atoms with Crippen LogP contribution in [-0.4, -0.2) is 23.0 Å². The first-order chi connectivity index (χ1) is 13.2. The average molecular weight is 380 g/mol. The van der Waals surface area contributed by atoms with Gasteiger partial charge in [0.05, 0.1) is 5.54 Å². The van der Waals surface area contributed by atoms with Crippen LogP contribution in [0.2, 0.25) is 0 Å². The summed E-state index contributed by atoms with van der Waals surface area (Å²) in [5.41, 5.74) is 3.22. The number of hydrogen-bond acceptors (Lipinski definition) is 3. The highest BCUT2D eigenvalue weighted by Crippen LogP contribution is 2.23. The number of pyridine rings is 1. The Morgan fingerprint density at radius 1 is 1.21 bits per heavy atom. The van der Waals surface area contributed by atoms with Crippen molar-refractivity contribution in [1.29, 1.82) is 0 Å². The van der Waals surface area contributed by atoms with Gasteiger partial charge in [0, 0.05) is 18.9 Å². The number of carbonyl (C=O) groups excluding carboxylic acids is 2. The van der Waals surface area contributed by atoms with Crippen LogP contribution < -0.4 is 16.0 Å². The number of aromatic nitrogens is 1. The van der Waals surface area contributed by atoms with E-state index in [9.17, 15) is 9.59 Å². The molecule has 1 atom stereocenters. The highest BCUT2D eigenvalue weighted by Gasteiger charge is 2.25. The van der Waals surface area contributed by atoms with Crippen molar-refractivity contribution in [3.05, 3.63) is 72.1 Å². The van der Waals surface area contributed by atoms with Crippen molar-refractivity contribution in [2.45, 2.75) is 45.8 Å². The van der Waals surface area contributed by atoms with Crippen molar-refractivity contribution < 1.29 is 9.59 Å². The Kier molecular flexibility index (Phi) is 6.93. The summed E-state index contributed by atoms with van der Waals surface area (Å²) in [5, 5.41) is 8.40. The first-order valence-corrected chi connectivity index (χ1v) is 9.21. The van der Waals surface area contributed by atoms with Crippen molar-refractivity contribution in [3.63, 3.8) is 0 Å². The quantitative estimate of drug-likeness (QED) is 0.689. The van der Waals surface area contributed by atoms with Crippen molar-refractivity contribution in [2.24, 2.45) is 0 Å². The molecule has 1 heterocycles. The Morgan fingerprint density at radius 3 is 2.61 bits per heavy atom. The monoisotopic (exact) mass is 380 g/mol. The third kappa shape index (κ3) is 5.94. The summed E-state index contributed by atoms with van der Waals surface area (Å²) in [6.45, 7) is 11.7. The van der Waals surface area contributed by atoms with Gasteiger partial charge in [-0.15, -0.1) is 0 Å². The van der Waals surface area contributed by atoms with Gasteiger partial charge in [0.1, 0.15) is 6.04 Å². The van der Waals surface area contributed by atoms with Gasteiger partial charge in [0.25, 0.3) is 0 Å². The van der Waals surface area contributed by atoms with Gasteiger partial charge >= 0.3 is 6.03 Å². The molecule has 0 radical (unpaired) electrons. The number of amides is 3. The van der Waals surface area contributed by atoms with E-state index in [0.717, 1.165) is 22.3 Å². The summed E-state index contributed by atoms with van der Waals surface area (Å²) in [4.78, 5) is 28.6. The molecule has 28 heavy (non-hydrogen) atoms. The van der Waals surface area contributed by atoms with Crippen LogP contribution in [0.25, 0.3) is 5.57 Å². The van der Waals surface area contributed by atoms with Gasteiger partial charge in [-0.1, -0.05) is 36.4 Å². The Labute approximate surface area is 166 Å². The summed E-state index contributed by atoms with van der Waals surface area (Å²) in [7, 11) is 0. The van der Waals surface area contributed by atoms with E-state index in [1.165, 1.54) is 0 Å². The molecule has 1 aromatic carbocycles. The minimum atomic E-state index is -0.672. The lowest BCUT2D eigenvalue weighted by atomic mass is 9.92. The lowest BCUT2D eigenvalue weighted by Crippen LogP contribution is -2.52. The molecule has 6 heteroatoms. The SMILES string of the molecule is C=C(C)c1cccc(C(C)(C)NC(=O)N[C@@H](C)C(=O)NCc2cccnc2)c1. The Bertz CT molecular complexity index is 847. The summed E-state index contributed by atoms with van der Waals surface area (Å²) < 4.78 is 0. The Hall–Kier alpha value is -3.15. The zero-order valence-corrected chi connectivity index (χ0v) is 16.9. The topological polar surface area (TPSA) is 83.1 Å². The van der Waals surface area contributed by atoms with Gasteiger partial charge in [0.15, 0.2) is 0 Å². The molecule has 3 N–H and O–H groups in total. The summed E-state index contributed by atoms with van der Waals surface area (Å²) in [5.74, 6) is -0.263. The highest BCUT2D eigenvalue weighted by molar-refractivity contribution is 5.86. The third-order valence-corrected chi connectivity index (χ3v) is 4.43. The van der Waals surface area contributed by atoms with Crippen LogP contribution in [0.3, 0.4) is 0 Å². The van der Waals surface area contributed by atoms with Crippen LogP contribution in [0.4, 0.5) is 4.79 Å². The predicted molar refractivity (Wildman–Crippen MR) is 111 cm³/mol. The van der Waals surface area contributed by atoms with E-state index >= 15 is 0 Å². The molecule has 6 nitrogen and oxygen atoms in total. The number of rotatable bonds is 7. The van der Waals surface area contributed by atoms with E-state index in [2.05, 4.69) is 27.5 Å². The molecule has 148 valence electrons. The van der Waals surface area contributed by atoms with Crippen LogP contribution >= 0.6 is 0 Å². The molecule has 0 fully saturated rings. The Morgan fingerprint density at radius 2 is 1.96 bits per heavy atom. The van der Waals surface area contributed by atoms with Crippen molar-refractivity contribution >= 4 is 17.5 Å². The van der Waals surface area contributed by atoms with Crippen molar-refractivity contribution in [1.82, 2.24) is 20.9 Å². The maximum absolute atomic E-state index is 12.4. The van der Waals surface area contributed by atoms with Crippen LogP contribution in [0.15, 0.2) is 55.4 Å². The minimum Gasteiger partial charge on any atom is -0.350 e. The second-order valence-corrected chi connectivity index (χ2v) is 7.39.